The fourth-order valence-electron chi connectivity index (χ4n) is 3.38. The van der Waals surface area contributed by atoms with E-state index in [0.717, 1.165) is 34.5 Å². The lowest BCUT2D eigenvalue weighted by Gasteiger charge is -2.33. The van der Waals surface area contributed by atoms with Gasteiger partial charge in [-0.25, -0.2) is 13.4 Å². The zero-order valence-electron chi connectivity index (χ0n) is 14.0. The molecule has 132 valence electrons. The average Bonchev–Trinajstić information content (AvgIpc) is 3.12. The number of nitriles is 1. The number of thiazole rings is 1. The number of benzene rings is 2. The maximum Gasteiger partial charge on any atom is 0.245 e. The van der Waals surface area contributed by atoms with Crippen molar-refractivity contribution in [2.24, 2.45) is 0 Å². The minimum Gasteiger partial charge on any atom is -0.239 e. The van der Waals surface area contributed by atoms with Gasteiger partial charge in [0.1, 0.15) is 11.1 Å². The number of hydrogen-bond acceptors (Lipinski definition) is 5. The SMILES string of the molecule is N#Cc1ccccc1S(=O)(=O)N1CCCC[C@@H]1c1nc2ccccc2s1. The zero-order chi connectivity index (χ0) is 18.1. The Morgan fingerprint density at radius 3 is 2.69 bits per heavy atom. The van der Waals surface area contributed by atoms with E-state index in [-0.39, 0.29) is 16.5 Å². The molecule has 2 heterocycles. The fraction of sp³-hybridized carbons (Fsp3) is 0.263. The van der Waals surface area contributed by atoms with Crippen LogP contribution >= 0.6 is 11.3 Å². The fourth-order valence-corrected chi connectivity index (χ4v) is 6.37. The van der Waals surface area contributed by atoms with Gasteiger partial charge in [-0.05, 0) is 37.1 Å². The van der Waals surface area contributed by atoms with E-state index in [0.29, 0.717) is 6.54 Å². The Hall–Kier alpha value is -2.27. The van der Waals surface area contributed by atoms with Gasteiger partial charge in [0.25, 0.3) is 0 Å². The molecule has 1 saturated heterocycles. The summed E-state index contributed by atoms with van der Waals surface area (Å²) in [6.07, 6.45) is 2.52. The summed E-state index contributed by atoms with van der Waals surface area (Å²) >= 11 is 1.55. The first-order chi connectivity index (χ1) is 12.6. The van der Waals surface area contributed by atoms with Crippen LogP contribution in [0.5, 0.6) is 0 Å². The van der Waals surface area contributed by atoms with E-state index in [1.807, 2.05) is 30.3 Å². The van der Waals surface area contributed by atoms with Crippen molar-refractivity contribution < 1.29 is 8.42 Å². The molecule has 1 aliphatic rings. The van der Waals surface area contributed by atoms with Gasteiger partial charge in [-0.2, -0.15) is 9.57 Å². The molecular weight excluding hydrogens is 366 g/mol. The molecule has 0 radical (unpaired) electrons. The molecule has 0 aliphatic carbocycles. The van der Waals surface area contributed by atoms with Crippen molar-refractivity contribution in [3.05, 3.63) is 59.1 Å². The lowest BCUT2D eigenvalue weighted by atomic mass is 10.1. The summed E-state index contributed by atoms with van der Waals surface area (Å²) < 4.78 is 29.2. The number of fused-ring (bicyclic) bond motifs is 1. The quantitative estimate of drug-likeness (QED) is 0.683. The summed E-state index contributed by atoms with van der Waals surface area (Å²) in [6, 6.07) is 16.0. The van der Waals surface area contributed by atoms with Crippen LogP contribution in [0.15, 0.2) is 53.4 Å². The van der Waals surface area contributed by atoms with Gasteiger partial charge in [-0.15, -0.1) is 11.3 Å². The number of piperidine rings is 1. The summed E-state index contributed by atoms with van der Waals surface area (Å²) in [7, 11) is -3.76. The van der Waals surface area contributed by atoms with Gasteiger partial charge >= 0.3 is 0 Å². The highest BCUT2D eigenvalue weighted by atomic mass is 32.2. The Morgan fingerprint density at radius 1 is 1.12 bits per heavy atom. The molecular formula is C19H17N3O2S2. The summed E-state index contributed by atoms with van der Waals surface area (Å²) in [5.74, 6) is 0. The summed E-state index contributed by atoms with van der Waals surface area (Å²) in [6.45, 7) is 0.447. The van der Waals surface area contributed by atoms with Crippen LogP contribution in [-0.2, 0) is 10.0 Å². The third kappa shape index (κ3) is 2.90. The molecule has 1 atom stereocenters. The summed E-state index contributed by atoms with van der Waals surface area (Å²) in [5, 5.41) is 10.1. The summed E-state index contributed by atoms with van der Waals surface area (Å²) in [5.41, 5.74) is 1.08. The van der Waals surface area contributed by atoms with Crippen molar-refractivity contribution in [2.45, 2.75) is 30.2 Å². The van der Waals surface area contributed by atoms with Crippen LogP contribution in [0.4, 0.5) is 0 Å². The van der Waals surface area contributed by atoms with Crippen LogP contribution in [0, 0.1) is 11.3 Å². The lowest BCUT2D eigenvalue weighted by Crippen LogP contribution is -2.38. The van der Waals surface area contributed by atoms with Crippen molar-refractivity contribution in [2.75, 3.05) is 6.54 Å². The van der Waals surface area contributed by atoms with E-state index in [4.69, 9.17) is 0 Å². The van der Waals surface area contributed by atoms with Crippen LogP contribution in [-0.4, -0.2) is 24.3 Å². The van der Waals surface area contributed by atoms with Gasteiger partial charge in [0, 0.05) is 6.54 Å². The van der Waals surface area contributed by atoms with Gasteiger partial charge < -0.3 is 0 Å². The van der Waals surface area contributed by atoms with Gasteiger partial charge in [0.15, 0.2) is 0 Å². The molecule has 3 aromatic rings. The maximum atomic E-state index is 13.3. The average molecular weight is 383 g/mol. The topological polar surface area (TPSA) is 74.1 Å². The predicted molar refractivity (Wildman–Crippen MR) is 101 cm³/mol. The molecule has 1 aliphatic heterocycles. The number of rotatable bonds is 3. The van der Waals surface area contributed by atoms with Crippen LogP contribution in [0.25, 0.3) is 10.2 Å². The molecule has 0 bridgehead atoms. The van der Waals surface area contributed by atoms with E-state index in [1.54, 1.807) is 29.5 Å². The second-order valence-electron chi connectivity index (χ2n) is 6.26. The van der Waals surface area contributed by atoms with Crippen LogP contribution in [0.3, 0.4) is 0 Å². The highest BCUT2D eigenvalue weighted by Crippen LogP contribution is 2.39. The number of para-hydroxylation sites is 1. The monoisotopic (exact) mass is 383 g/mol. The normalized spacial score (nSPS) is 18.7. The first-order valence-electron chi connectivity index (χ1n) is 8.48. The molecule has 1 aromatic heterocycles. The molecule has 2 aromatic carbocycles. The van der Waals surface area contributed by atoms with Crippen LogP contribution in [0.1, 0.15) is 35.9 Å². The molecule has 0 amide bonds. The second kappa shape index (κ2) is 6.80. The van der Waals surface area contributed by atoms with Gasteiger partial charge in [0.05, 0.1) is 26.7 Å². The molecule has 26 heavy (non-hydrogen) atoms. The largest absolute Gasteiger partial charge is 0.245 e. The lowest BCUT2D eigenvalue weighted by molar-refractivity contribution is 0.255. The van der Waals surface area contributed by atoms with Crippen molar-refractivity contribution in [1.29, 1.82) is 5.26 Å². The van der Waals surface area contributed by atoms with Crippen molar-refractivity contribution in [3.8, 4) is 6.07 Å². The predicted octanol–water partition coefficient (Wildman–Crippen LogP) is 4.08. The standard InChI is InChI=1S/C19H17N3O2S2/c20-13-14-7-1-4-11-18(14)26(23,24)22-12-6-5-9-16(22)19-21-15-8-2-3-10-17(15)25-19/h1-4,7-8,10-11,16H,5-6,9,12H2/t16-/m1/s1. The molecule has 7 heteroatoms. The van der Waals surface area contributed by atoms with Gasteiger partial charge in [-0.1, -0.05) is 30.7 Å². The molecule has 1 fully saturated rings. The molecule has 0 N–H and O–H groups in total. The number of hydrogen-bond donors (Lipinski definition) is 0. The van der Waals surface area contributed by atoms with Crippen molar-refractivity contribution in [3.63, 3.8) is 0 Å². The number of sulfonamides is 1. The van der Waals surface area contributed by atoms with E-state index < -0.39 is 10.0 Å². The maximum absolute atomic E-state index is 13.3. The molecule has 0 unspecified atom stereocenters. The first kappa shape index (κ1) is 17.2. The molecule has 0 saturated carbocycles. The minimum atomic E-state index is -3.76. The third-order valence-corrected chi connectivity index (χ3v) is 7.75. The zero-order valence-corrected chi connectivity index (χ0v) is 15.6. The molecule has 4 rings (SSSR count). The molecule has 0 spiro atoms. The van der Waals surface area contributed by atoms with Crippen LogP contribution < -0.4 is 0 Å². The van der Waals surface area contributed by atoms with E-state index >= 15 is 0 Å². The van der Waals surface area contributed by atoms with E-state index in [2.05, 4.69) is 4.98 Å². The highest BCUT2D eigenvalue weighted by Gasteiger charge is 2.37. The van der Waals surface area contributed by atoms with Gasteiger partial charge in [0.2, 0.25) is 10.0 Å². The smallest absolute Gasteiger partial charge is 0.239 e. The Bertz CT molecular complexity index is 1070. The second-order valence-corrected chi connectivity index (χ2v) is 9.18. The third-order valence-electron chi connectivity index (χ3n) is 4.64. The Balaban J connectivity index is 1.79. The van der Waals surface area contributed by atoms with E-state index in [1.165, 1.54) is 10.4 Å². The Morgan fingerprint density at radius 2 is 1.88 bits per heavy atom. The highest BCUT2D eigenvalue weighted by molar-refractivity contribution is 7.89. The van der Waals surface area contributed by atoms with Crippen molar-refractivity contribution in [1.82, 2.24) is 9.29 Å². The van der Waals surface area contributed by atoms with Crippen LogP contribution in [0.2, 0.25) is 0 Å². The first-order valence-corrected chi connectivity index (χ1v) is 10.7. The number of aromatic nitrogens is 1. The minimum absolute atomic E-state index is 0.0792. The van der Waals surface area contributed by atoms with Gasteiger partial charge in [-0.3, -0.25) is 0 Å². The van der Waals surface area contributed by atoms with Crippen molar-refractivity contribution >= 4 is 31.6 Å². The summed E-state index contributed by atoms with van der Waals surface area (Å²) in [4.78, 5) is 4.76. The number of nitrogens with zero attached hydrogens (tertiary/aromatic N) is 3. The Labute approximate surface area is 156 Å². The van der Waals surface area contributed by atoms with E-state index in [9.17, 15) is 13.7 Å². The molecule has 5 nitrogen and oxygen atoms in total. The Kier molecular flexibility index (Phi) is 4.49.